The van der Waals surface area contributed by atoms with E-state index >= 15 is 0 Å². The van der Waals surface area contributed by atoms with Crippen molar-refractivity contribution in [3.63, 3.8) is 0 Å². The van der Waals surface area contributed by atoms with Crippen LogP contribution in [0.2, 0.25) is 0 Å². The van der Waals surface area contributed by atoms with Crippen LogP contribution < -0.4 is 10.6 Å². The summed E-state index contributed by atoms with van der Waals surface area (Å²) >= 11 is 0. The molecule has 0 aliphatic heterocycles. The largest absolute Gasteiger partial charge is 0.480 e. The van der Waals surface area contributed by atoms with Gasteiger partial charge >= 0.3 is 12.1 Å². The van der Waals surface area contributed by atoms with Crippen LogP contribution in [0, 0.1) is 0 Å². The molecule has 9 nitrogen and oxygen atoms in total. The average Bonchev–Trinajstić information content (AvgIpc) is 3.10. The summed E-state index contributed by atoms with van der Waals surface area (Å²) in [6, 6.07) is 14.5. The van der Waals surface area contributed by atoms with Crippen molar-refractivity contribution >= 4 is 27.8 Å². The van der Waals surface area contributed by atoms with Crippen molar-refractivity contribution < 1.29 is 32.6 Å². The number of carbonyl (C=O) groups is 3. The van der Waals surface area contributed by atoms with Crippen molar-refractivity contribution in [2.75, 3.05) is 18.6 Å². The number of nitrogens with one attached hydrogen (secondary N) is 2. The number of aliphatic carboxylic acids is 1. The minimum Gasteiger partial charge on any atom is -0.480 e. The van der Waals surface area contributed by atoms with Crippen LogP contribution in [0.15, 0.2) is 48.5 Å². The van der Waals surface area contributed by atoms with Crippen molar-refractivity contribution in [2.45, 2.75) is 43.2 Å². The minimum atomic E-state index is -3.42. The molecule has 2 aromatic carbocycles. The van der Waals surface area contributed by atoms with Gasteiger partial charge in [-0.3, -0.25) is 4.79 Å². The summed E-state index contributed by atoms with van der Waals surface area (Å²) in [6.07, 6.45) is 1.15. The summed E-state index contributed by atoms with van der Waals surface area (Å²) in [7, 11) is -3.42. The van der Waals surface area contributed by atoms with E-state index in [2.05, 4.69) is 10.6 Å². The number of fused-ring (bicyclic) bond motifs is 3. The topological polar surface area (TPSA) is 139 Å². The molecule has 2 aromatic rings. The molecule has 2 aliphatic rings. The van der Waals surface area contributed by atoms with E-state index in [1.54, 1.807) is 0 Å². The van der Waals surface area contributed by atoms with E-state index in [0.29, 0.717) is 6.42 Å². The number of benzene rings is 2. The van der Waals surface area contributed by atoms with Gasteiger partial charge < -0.3 is 20.5 Å². The molecule has 10 heteroatoms. The fourth-order valence-corrected chi connectivity index (χ4v) is 5.29. The predicted octanol–water partition coefficient (Wildman–Crippen LogP) is 2.45. The number of rotatable bonds is 9. The molecule has 1 atom stereocenters. The molecule has 0 bridgehead atoms. The van der Waals surface area contributed by atoms with E-state index in [1.807, 2.05) is 48.5 Å². The maximum atomic E-state index is 12.9. The number of alkyl carbamates (subject to hydrolysis) is 1. The first-order chi connectivity index (χ1) is 16.6. The Morgan fingerprint density at radius 1 is 1.06 bits per heavy atom. The normalized spacial score (nSPS) is 16.8. The highest BCUT2D eigenvalue weighted by Gasteiger charge is 2.46. The van der Waals surface area contributed by atoms with Crippen molar-refractivity contribution in [2.24, 2.45) is 0 Å². The van der Waals surface area contributed by atoms with Crippen LogP contribution >= 0.6 is 0 Å². The van der Waals surface area contributed by atoms with Gasteiger partial charge in [0.1, 0.15) is 28.0 Å². The number of carbonyl (C=O) groups excluding carboxylic acids is 2. The molecule has 4 rings (SSSR count). The van der Waals surface area contributed by atoms with Gasteiger partial charge in [0, 0.05) is 12.2 Å². The van der Waals surface area contributed by atoms with E-state index in [-0.39, 0.29) is 37.5 Å². The Hall–Kier alpha value is -3.40. The molecule has 2 amide bonds. The maximum Gasteiger partial charge on any atom is 0.407 e. The van der Waals surface area contributed by atoms with Crippen LogP contribution in [0.25, 0.3) is 11.1 Å². The Bertz CT molecular complexity index is 1210. The zero-order chi connectivity index (χ0) is 25.2. The van der Waals surface area contributed by atoms with E-state index in [0.717, 1.165) is 28.5 Å². The molecule has 0 spiro atoms. The van der Waals surface area contributed by atoms with Gasteiger partial charge in [-0.05, 0) is 47.9 Å². The molecule has 3 N–H and O–H groups in total. The summed E-state index contributed by atoms with van der Waals surface area (Å²) in [5.41, 5.74) is 2.81. The molecule has 0 aromatic heterocycles. The average molecular weight is 501 g/mol. The fraction of sp³-hybridized carbons (Fsp3) is 0.400. The Balaban J connectivity index is 1.44. The number of carboxylic acid groups (broad SMARTS) is 1. The van der Waals surface area contributed by atoms with E-state index in [4.69, 9.17) is 4.74 Å². The third kappa shape index (κ3) is 5.32. The Morgan fingerprint density at radius 2 is 1.63 bits per heavy atom. The third-order valence-corrected chi connectivity index (χ3v) is 7.69. The monoisotopic (exact) mass is 500 g/mol. The molecule has 1 fully saturated rings. The minimum absolute atomic E-state index is 0.0271. The highest BCUT2D eigenvalue weighted by Crippen LogP contribution is 2.44. The van der Waals surface area contributed by atoms with Gasteiger partial charge in [0.2, 0.25) is 5.91 Å². The number of carboxylic acids is 1. The van der Waals surface area contributed by atoms with Crippen LogP contribution in [-0.2, 0) is 24.2 Å². The highest BCUT2D eigenvalue weighted by atomic mass is 32.2. The lowest BCUT2D eigenvalue weighted by molar-refractivity contribution is -0.152. The standard InChI is InChI=1S/C25H28N2O7S/c1-35(32,33)14-11-21(22(28)27-25(23(29)30)12-6-13-25)26-24(31)34-15-20-18-9-4-2-7-16(18)17-8-3-5-10-19(17)20/h2-5,7-10,20-21H,6,11-15H2,1H3,(H,26,31)(H,27,28)(H,29,30). The number of sulfone groups is 1. The summed E-state index contributed by atoms with van der Waals surface area (Å²) in [5.74, 6) is -2.43. The van der Waals surface area contributed by atoms with E-state index in [9.17, 15) is 27.9 Å². The second-order valence-electron chi connectivity index (χ2n) is 9.17. The molecule has 1 saturated carbocycles. The first kappa shape index (κ1) is 24.7. The maximum absolute atomic E-state index is 12.9. The summed E-state index contributed by atoms with van der Waals surface area (Å²) in [5, 5.41) is 14.4. The second-order valence-corrected chi connectivity index (χ2v) is 11.4. The van der Waals surface area contributed by atoms with E-state index in [1.165, 1.54) is 0 Å². The smallest absolute Gasteiger partial charge is 0.407 e. The molecule has 35 heavy (non-hydrogen) atoms. The summed E-state index contributed by atoms with van der Waals surface area (Å²) in [4.78, 5) is 37.2. The molecule has 1 unspecified atom stereocenters. The van der Waals surface area contributed by atoms with Crippen LogP contribution in [-0.4, -0.2) is 61.7 Å². The number of hydrogen-bond donors (Lipinski definition) is 3. The lowest BCUT2D eigenvalue weighted by atomic mass is 9.76. The Labute approximate surface area is 203 Å². The lowest BCUT2D eigenvalue weighted by Crippen LogP contribution is -2.62. The molecular formula is C25H28N2O7S. The van der Waals surface area contributed by atoms with Gasteiger partial charge in [0.15, 0.2) is 0 Å². The van der Waals surface area contributed by atoms with Crippen molar-refractivity contribution in [3.8, 4) is 11.1 Å². The first-order valence-electron chi connectivity index (χ1n) is 11.4. The Kier molecular flexibility index (Phi) is 6.84. The lowest BCUT2D eigenvalue weighted by Gasteiger charge is -2.39. The van der Waals surface area contributed by atoms with Gasteiger partial charge in [0.25, 0.3) is 0 Å². The third-order valence-electron chi connectivity index (χ3n) is 6.71. The Morgan fingerprint density at radius 3 is 2.11 bits per heavy atom. The first-order valence-corrected chi connectivity index (χ1v) is 13.5. The summed E-state index contributed by atoms with van der Waals surface area (Å²) < 4.78 is 28.8. The molecule has 0 saturated heterocycles. The van der Waals surface area contributed by atoms with Crippen LogP contribution in [0.3, 0.4) is 0 Å². The molecular weight excluding hydrogens is 472 g/mol. The van der Waals surface area contributed by atoms with Crippen molar-refractivity contribution in [1.82, 2.24) is 10.6 Å². The molecule has 0 heterocycles. The summed E-state index contributed by atoms with van der Waals surface area (Å²) in [6.45, 7) is 0.0271. The molecule has 186 valence electrons. The van der Waals surface area contributed by atoms with Gasteiger partial charge in [-0.1, -0.05) is 48.5 Å². The zero-order valence-electron chi connectivity index (χ0n) is 19.3. The van der Waals surface area contributed by atoms with Crippen LogP contribution in [0.4, 0.5) is 4.79 Å². The van der Waals surface area contributed by atoms with Crippen molar-refractivity contribution in [1.29, 1.82) is 0 Å². The van der Waals surface area contributed by atoms with Gasteiger partial charge in [-0.15, -0.1) is 0 Å². The van der Waals surface area contributed by atoms with Crippen molar-refractivity contribution in [3.05, 3.63) is 59.7 Å². The van der Waals surface area contributed by atoms with E-state index < -0.39 is 39.4 Å². The SMILES string of the molecule is CS(=O)(=O)CCC(NC(=O)OCC1c2ccccc2-c2ccccc21)C(=O)NC1(C(=O)O)CCC1. The highest BCUT2D eigenvalue weighted by molar-refractivity contribution is 7.90. The van der Waals surface area contributed by atoms with Gasteiger partial charge in [-0.25, -0.2) is 18.0 Å². The zero-order valence-corrected chi connectivity index (χ0v) is 20.1. The van der Waals surface area contributed by atoms with Crippen LogP contribution in [0.5, 0.6) is 0 Å². The predicted molar refractivity (Wildman–Crippen MR) is 129 cm³/mol. The number of ether oxygens (including phenoxy) is 1. The quantitative estimate of drug-likeness (QED) is 0.481. The molecule has 0 radical (unpaired) electrons. The van der Waals surface area contributed by atoms with Gasteiger partial charge in [0.05, 0.1) is 5.75 Å². The second kappa shape index (κ2) is 9.69. The number of amides is 2. The number of hydrogen-bond acceptors (Lipinski definition) is 6. The van der Waals surface area contributed by atoms with Crippen LogP contribution in [0.1, 0.15) is 42.7 Å². The van der Waals surface area contributed by atoms with Gasteiger partial charge in [-0.2, -0.15) is 0 Å². The molecule has 2 aliphatic carbocycles. The fourth-order valence-electron chi connectivity index (χ4n) is 4.63.